The number of urea groups is 1. The van der Waals surface area contributed by atoms with Gasteiger partial charge >= 0.3 is 6.03 Å². The van der Waals surface area contributed by atoms with Crippen LogP contribution in [0.25, 0.3) is 10.8 Å². The van der Waals surface area contributed by atoms with Crippen molar-refractivity contribution in [3.05, 3.63) is 42.0 Å². The summed E-state index contributed by atoms with van der Waals surface area (Å²) in [6, 6.07) is 11.9. The highest BCUT2D eigenvalue weighted by Gasteiger charge is 2.19. The molecular weight excluding hydrogens is 316 g/mol. The summed E-state index contributed by atoms with van der Waals surface area (Å²) in [6.45, 7) is 3.04. The molecule has 2 atom stereocenters. The molecule has 0 aliphatic carbocycles. The molecule has 2 aromatic rings. The number of hydrogen-bond donors (Lipinski definition) is 2. The third kappa shape index (κ3) is 4.42. The van der Waals surface area contributed by atoms with E-state index in [2.05, 4.69) is 23.6 Å². The van der Waals surface area contributed by atoms with E-state index in [4.69, 9.17) is 9.47 Å². The first-order valence-corrected chi connectivity index (χ1v) is 8.89. The van der Waals surface area contributed by atoms with Gasteiger partial charge in [-0.05, 0) is 43.0 Å². The van der Waals surface area contributed by atoms with Gasteiger partial charge in [-0.1, -0.05) is 30.3 Å². The van der Waals surface area contributed by atoms with Crippen molar-refractivity contribution >= 4 is 16.8 Å². The van der Waals surface area contributed by atoms with Crippen molar-refractivity contribution in [1.29, 1.82) is 0 Å². The van der Waals surface area contributed by atoms with Gasteiger partial charge in [0.1, 0.15) is 5.75 Å². The molecule has 25 heavy (non-hydrogen) atoms. The monoisotopic (exact) mass is 342 g/mol. The van der Waals surface area contributed by atoms with Gasteiger partial charge < -0.3 is 20.1 Å². The number of hydrogen-bond acceptors (Lipinski definition) is 3. The normalized spacial score (nSPS) is 20.2. The van der Waals surface area contributed by atoms with E-state index in [0.717, 1.165) is 41.3 Å². The van der Waals surface area contributed by atoms with Gasteiger partial charge in [-0.25, -0.2) is 4.79 Å². The minimum Gasteiger partial charge on any atom is -0.496 e. The molecule has 2 unspecified atom stereocenters. The largest absolute Gasteiger partial charge is 0.496 e. The van der Waals surface area contributed by atoms with Crippen LogP contribution in [0, 0.1) is 0 Å². The Hall–Kier alpha value is -2.27. The third-order valence-electron chi connectivity index (χ3n) is 4.70. The molecule has 5 heteroatoms. The fourth-order valence-corrected chi connectivity index (χ4v) is 3.38. The van der Waals surface area contributed by atoms with E-state index in [9.17, 15) is 4.79 Å². The molecule has 2 N–H and O–H groups in total. The summed E-state index contributed by atoms with van der Waals surface area (Å²) in [4.78, 5) is 12.2. The maximum absolute atomic E-state index is 12.2. The Morgan fingerprint density at radius 1 is 1.20 bits per heavy atom. The second-order valence-electron chi connectivity index (χ2n) is 6.53. The second kappa shape index (κ2) is 8.21. The highest BCUT2D eigenvalue weighted by atomic mass is 16.5. The Balaban J connectivity index is 1.59. The summed E-state index contributed by atoms with van der Waals surface area (Å²) in [5, 5.41) is 8.06. The SMILES string of the molecule is COc1ccc2ccccc2c1CNC(=O)NCC1CCCC(C)O1. The Morgan fingerprint density at radius 3 is 2.84 bits per heavy atom. The lowest BCUT2D eigenvalue weighted by Crippen LogP contribution is -2.42. The molecule has 0 spiro atoms. The van der Waals surface area contributed by atoms with Crippen LogP contribution in [0.1, 0.15) is 31.7 Å². The minimum absolute atomic E-state index is 0.113. The smallest absolute Gasteiger partial charge is 0.315 e. The van der Waals surface area contributed by atoms with Crippen molar-refractivity contribution in [3.8, 4) is 5.75 Å². The van der Waals surface area contributed by atoms with Crippen molar-refractivity contribution in [2.75, 3.05) is 13.7 Å². The van der Waals surface area contributed by atoms with Crippen LogP contribution in [-0.2, 0) is 11.3 Å². The molecule has 1 aliphatic heterocycles. The van der Waals surface area contributed by atoms with Crippen molar-refractivity contribution in [2.45, 2.75) is 44.9 Å². The summed E-state index contributed by atoms with van der Waals surface area (Å²) >= 11 is 0. The van der Waals surface area contributed by atoms with E-state index in [0.29, 0.717) is 13.1 Å². The van der Waals surface area contributed by atoms with E-state index in [1.807, 2.05) is 30.3 Å². The standard InChI is InChI=1S/C20H26N2O3/c1-14-6-5-8-16(25-14)12-21-20(23)22-13-18-17-9-4-3-7-15(17)10-11-19(18)24-2/h3-4,7,9-11,14,16H,5-6,8,12-13H2,1-2H3,(H2,21,22,23). The van der Waals surface area contributed by atoms with Gasteiger partial charge in [-0.3, -0.25) is 0 Å². The molecule has 1 aliphatic rings. The first kappa shape index (κ1) is 17.5. The van der Waals surface area contributed by atoms with Gasteiger partial charge in [0.05, 0.1) is 19.3 Å². The van der Waals surface area contributed by atoms with Gasteiger partial charge in [0.15, 0.2) is 0 Å². The number of fused-ring (bicyclic) bond motifs is 1. The number of ether oxygens (including phenoxy) is 2. The number of carbonyl (C=O) groups excluding carboxylic acids is 1. The van der Waals surface area contributed by atoms with Crippen LogP contribution < -0.4 is 15.4 Å². The molecule has 0 aromatic heterocycles. The zero-order valence-electron chi connectivity index (χ0n) is 14.9. The maximum Gasteiger partial charge on any atom is 0.315 e. The zero-order chi connectivity index (χ0) is 17.6. The van der Waals surface area contributed by atoms with Crippen LogP contribution in [0.2, 0.25) is 0 Å². The quantitative estimate of drug-likeness (QED) is 0.873. The molecule has 0 radical (unpaired) electrons. The van der Waals surface area contributed by atoms with E-state index >= 15 is 0 Å². The van der Waals surface area contributed by atoms with Gasteiger partial charge in [0.2, 0.25) is 0 Å². The fourth-order valence-electron chi connectivity index (χ4n) is 3.38. The number of rotatable bonds is 5. The molecule has 1 heterocycles. The highest BCUT2D eigenvalue weighted by molar-refractivity contribution is 5.88. The van der Waals surface area contributed by atoms with Crippen LogP contribution >= 0.6 is 0 Å². The van der Waals surface area contributed by atoms with Gasteiger partial charge in [0, 0.05) is 18.7 Å². The lowest BCUT2D eigenvalue weighted by Gasteiger charge is -2.27. The van der Waals surface area contributed by atoms with Crippen molar-refractivity contribution < 1.29 is 14.3 Å². The summed E-state index contributed by atoms with van der Waals surface area (Å²) in [7, 11) is 1.65. The molecule has 1 fully saturated rings. The average molecular weight is 342 g/mol. The van der Waals surface area contributed by atoms with Crippen molar-refractivity contribution in [2.24, 2.45) is 0 Å². The fraction of sp³-hybridized carbons (Fsp3) is 0.450. The number of methoxy groups -OCH3 is 1. The minimum atomic E-state index is -0.184. The maximum atomic E-state index is 12.2. The van der Waals surface area contributed by atoms with Crippen LogP contribution in [-0.4, -0.2) is 31.9 Å². The molecule has 3 rings (SSSR count). The second-order valence-corrected chi connectivity index (χ2v) is 6.53. The molecular formula is C20H26N2O3. The number of benzene rings is 2. The Bertz CT molecular complexity index is 732. The Labute approximate surface area is 148 Å². The van der Waals surface area contributed by atoms with Gasteiger partial charge in [-0.2, -0.15) is 0 Å². The summed E-state index contributed by atoms with van der Waals surface area (Å²) in [5.41, 5.74) is 0.985. The number of nitrogens with one attached hydrogen (secondary N) is 2. The molecule has 2 aromatic carbocycles. The predicted octanol–water partition coefficient (Wildman–Crippen LogP) is 3.61. The Kier molecular flexibility index (Phi) is 5.76. The Morgan fingerprint density at radius 2 is 2.04 bits per heavy atom. The van der Waals surface area contributed by atoms with Crippen molar-refractivity contribution in [3.63, 3.8) is 0 Å². The van der Waals surface area contributed by atoms with E-state index in [1.54, 1.807) is 7.11 Å². The van der Waals surface area contributed by atoms with Gasteiger partial charge in [-0.15, -0.1) is 0 Å². The molecule has 5 nitrogen and oxygen atoms in total. The summed E-state index contributed by atoms with van der Waals surface area (Å²) in [6.07, 6.45) is 3.65. The molecule has 0 bridgehead atoms. The van der Waals surface area contributed by atoms with E-state index < -0.39 is 0 Å². The van der Waals surface area contributed by atoms with Crippen LogP contribution in [0.3, 0.4) is 0 Å². The molecule has 134 valence electrons. The molecule has 0 saturated carbocycles. The number of amides is 2. The third-order valence-corrected chi connectivity index (χ3v) is 4.70. The predicted molar refractivity (Wildman–Crippen MR) is 98.9 cm³/mol. The topological polar surface area (TPSA) is 59.6 Å². The van der Waals surface area contributed by atoms with Crippen molar-refractivity contribution in [1.82, 2.24) is 10.6 Å². The molecule has 2 amide bonds. The summed E-state index contributed by atoms with van der Waals surface area (Å²) < 4.78 is 11.3. The van der Waals surface area contributed by atoms with Crippen LogP contribution in [0.5, 0.6) is 5.75 Å². The first-order valence-electron chi connectivity index (χ1n) is 8.89. The van der Waals surface area contributed by atoms with Crippen LogP contribution in [0.4, 0.5) is 4.79 Å². The number of carbonyl (C=O) groups is 1. The zero-order valence-corrected chi connectivity index (χ0v) is 14.9. The lowest BCUT2D eigenvalue weighted by molar-refractivity contribution is -0.0368. The average Bonchev–Trinajstić information content (AvgIpc) is 2.64. The summed E-state index contributed by atoms with van der Waals surface area (Å²) in [5.74, 6) is 0.781. The molecule has 1 saturated heterocycles. The lowest BCUT2D eigenvalue weighted by atomic mass is 10.0. The highest BCUT2D eigenvalue weighted by Crippen LogP contribution is 2.27. The van der Waals surface area contributed by atoms with E-state index in [-0.39, 0.29) is 18.2 Å². The van der Waals surface area contributed by atoms with Crippen LogP contribution in [0.15, 0.2) is 36.4 Å². The first-order chi connectivity index (χ1) is 12.2. The van der Waals surface area contributed by atoms with E-state index in [1.165, 1.54) is 0 Å². The van der Waals surface area contributed by atoms with Gasteiger partial charge in [0.25, 0.3) is 0 Å².